The highest BCUT2D eigenvalue weighted by molar-refractivity contribution is 7.11. The predicted octanol–water partition coefficient (Wildman–Crippen LogP) is 2.03. The average Bonchev–Trinajstić information content (AvgIpc) is 2.66. The number of amidine groups is 1. The van der Waals surface area contributed by atoms with Crippen LogP contribution in [0.3, 0.4) is 0 Å². The maximum atomic E-state index is 10.5. The molecular formula is C10H14N4O2S. The van der Waals surface area contributed by atoms with Gasteiger partial charge in [-0.25, -0.2) is 15.1 Å². The van der Waals surface area contributed by atoms with Crippen molar-refractivity contribution >= 4 is 17.2 Å². The molecule has 0 spiro atoms. The molecule has 2 heterocycles. The summed E-state index contributed by atoms with van der Waals surface area (Å²) in [6.45, 7) is 3.47. The van der Waals surface area contributed by atoms with Gasteiger partial charge in [0.05, 0.1) is 16.7 Å². The van der Waals surface area contributed by atoms with Gasteiger partial charge in [-0.2, -0.15) is 0 Å². The molecule has 7 heteroatoms. The third kappa shape index (κ3) is 3.23. The number of likely N-dealkylation sites (tertiary alicyclic amines) is 1. The summed E-state index contributed by atoms with van der Waals surface area (Å²) in [4.78, 5) is 17.7. The normalized spacial score (nSPS) is 18.6. The molecule has 6 nitrogen and oxygen atoms in total. The second kappa shape index (κ2) is 5.22. The Morgan fingerprint density at radius 2 is 2.47 bits per heavy atom. The molecule has 1 aromatic rings. The van der Waals surface area contributed by atoms with Crippen molar-refractivity contribution in [1.82, 2.24) is 9.88 Å². The number of hydrogen-bond acceptors (Lipinski definition) is 4. The highest BCUT2D eigenvalue weighted by Gasteiger charge is 2.20. The van der Waals surface area contributed by atoms with Gasteiger partial charge in [-0.15, -0.1) is 11.3 Å². The molecule has 1 aliphatic heterocycles. The summed E-state index contributed by atoms with van der Waals surface area (Å²) in [6.07, 6.45) is 4.57. The summed E-state index contributed by atoms with van der Waals surface area (Å²) < 4.78 is 0. The maximum Gasteiger partial charge on any atom is 0.192 e. The Morgan fingerprint density at radius 1 is 1.65 bits per heavy atom. The zero-order valence-corrected chi connectivity index (χ0v) is 10.4. The van der Waals surface area contributed by atoms with Crippen molar-refractivity contribution in [3.05, 3.63) is 26.2 Å². The van der Waals surface area contributed by atoms with Crippen molar-refractivity contribution < 1.29 is 5.03 Å². The Hall–Kier alpha value is -1.50. The first-order valence-electron chi connectivity index (χ1n) is 5.53. The van der Waals surface area contributed by atoms with E-state index >= 15 is 0 Å². The Bertz CT molecular complexity index is 443. The summed E-state index contributed by atoms with van der Waals surface area (Å²) in [7, 11) is 0. The smallest absolute Gasteiger partial charge is 0.192 e. The first kappa shape index (κ1) is 12.0. The predicted molar refractivity (Wildman–Crippen MR) is 65.5 cm³/mol. The van der Waals surface area contributed by atoms with Gasteiger partial charge in [0.15, 0.2) is 10.9 Å². The molecule has 0 saturated carbocycles. The Labute approximate surface area is 103 Å². The summed E-state index contributed by atoms with van der Waals surface area (Å²) >= 11 is 1.62. The van der Waals surface area contributed by atoms with E-state index < -0.39 is 5.03 Å². The van der Waals surface area contributed by atoms with E-state index in [1.165, 1.54) is 0 Å². The lowest BCUT2D eigenvalue weighted by Crippen LogP contribution is -2.35. The van der Waals surface area contributed by atoms with Crippen molar-refractivity contribution in [2.24, 2.45) is 5.10 Å². The molecule has 1 fully saturated rings. The standard InChI is InChI=1S/C10H14N4O2S/c1-8-11-6-9(17-8)7-13-5-3-2-4-10(13)12-14(15)16/h6H,2-5,7H2,1H3. The largest absolute Gasteiger partial charge is 0.350 e. The van der Waals surface area contributed by atoms with Gasteiger partial charge in [0, 0.05) is 24.0 Å². The fraction of sp³-hybridized carbons (Fsp3) is 0.600. The van der Waals surface area contributed by atoms with Gasteiger partial charge in [0.25, 0.3) is 0 Å². The molecule has 0 aromatic carbocycles. The number of aryl methyl sites for hydroxylation is 1. The van der Waals surface area contributed by atoms with Gasteiger partial charge in [0.1, 0.15) is 0 Å². The molecule has 92 valence electrons. The molecule has 0 radical (unpaired) electrons. The van der Waals surface area contributed by atoms with Gasteiger partial charge in [-0.3, -0.25) is 0 Å². The maximum absolute atomic E-state index is 10.5. The van der Waals surface area contributed by atoms with Gasteiger partial charge < -0.3 is 4.90 Å². The minimum absolute atomic E-state index is 0.590. The molecule has 17 heavy (non-hydrogen) atoms. The van der Waals surface area contributed by atoms with E-state index in [4.69, 9.17) is 0 Å². The first-order chi connectivity index (χ1) is 8.15. The minimum Gasteiger partial charge on any atom is -0.350 e. The molecule has 0 amide bonds. The fourth-order valence-corrected chi connectivity index (χ4v) is 2.73. The monoisotopic (exact) mass is 254 g/mol. The zero-order chi connectivity index (χ0) is 12.3. The van der Waals surface area contributed by atoms with Crippen molar-refractivity contribution in [1.29, 1.82) is 0 Å². The number of rotatable bonds is 3. The second-order valence-electron chi connectivity index (χ2n) is 3.98. The van der Waals surface area contributed by atoms with Gasteiger partial charge in [-0.1, -0.05) is 0 Å². The number of nitrogens with zero attached hydrogens (tertiary/aromatic N) is 4. The molecule has 0 unspecified atom stereocenters. The van der Waals surface area contributed by atoms with E-state index in [0.717, 1.165) is 29.3 Å². The van der Waals surface area contributed by atoms with Crippen molar-refractivity contribution in [3.63, 3.8) is 0 Å². The highest BCUT2D eigenvalue weighted by Crippen LogP contribution is 2.19. The first-order valence-corrected chi connectivity index (χ1v) is 6.35. The van der Waals surface area contributed by atoms with E-state index in [1.54, 1.807) is 11.3 Å². The Balaban J connectivity index is 2.09. The topological polar surface area (TPSA) is 71.6 Å². The van der Waals surface area contributed by atoms with E-state index in [2.05, 4.69) is 10.1 Å². The number of nitro groups is 1. The number of hydrazone groups is 1. The highest BCUT2D eigenvalue weighted by atomic mass is 32.1. The van der Waals surface area contributed by atoms with Crippen LogP contribution in [0.5, 0.6) is 0 Å². The van der Waals surface area contributed by atoms with E-state index in [1.807, 2.05) is 18.0 Å². The number of piperidine rings is 1. The molecule has 1 aliphatic rings. The average molecular weight is 254 g/mol. The van der Waals surface area contributed by atoms with Crippen LogP contribution >= 0.6 is 11.3 Å². The zero-order valence-electron chi connectivity index (χ0n) is 9.63. The van der Waals surface area contributed by atoms with Crippen LogP contribution in [0, 0.1) is 17.0 Å². The quantitative estimate of drug-likeness (QED) is 0.611. The van der Waals surface area contributed by atoms with Crippen LogP contribution in [-0.2, 0) is 6.54 Å². The lowest BCUT2D eigenvalue weighted by atomic mass is 10.1. The van der Waals surface area contributed by atoms with Gasteiger partial charge in [0.2, 0.25) is 0 Å². The lowest BCUT2D eigenvalue weighted by Gasteiger charge is -2.27. The molecular weight excluding hydrogens is 240 g/mol. The van der Waals surface area contributed by atoms with Crippen molar-refractivity contribution in [3.8, 4) is 0 Å². The molecule has 0 N–H and O–H groups in total. The van der Waals surface area contributed by atoms with Crippen LogP contribution < -0.4 is 0 Å². The SMILES string of the molecule is Cc1ncc(CN2CCCCC2=N[N+](=O)[O-])s1. The third-order valence-corrected chi connectivity index (χ3v) is 3.55. The Kier molecular flexibility index (Phi) is 3.68. The summed E-state index contributed by atoms with van der Waals surface area (Å²) in [5.41, 5.74) is 0. The van der Waals surface area contributed by atoms with Gasteiger partial charge >= 0.3 is 0 Å². The van der Waals surface area contributed by atoms with E-state index in [0.29, 0.717) is 18.8 Å². The van der Waals surface area contributed by atoms with Crippen LogP contribution in [0.25, 0.3) is 0 Å². The molecule has 0 aliphatic carbocycles. The summed E-state index contributed by atoms with van der Waals surface area (Å²) in [5, 5.41) is 14.3. The lowest BCUT2D eigenvalue weighted by molar-refractivity contribution is -0.485. The van der Waals surface area contributed by atoms with E-state index in [-0.39, 0.29) is 0 Å². The fourth-order valence-electron chi connectivity index (χ4n) is 1.92. The minimum atomic E-state index is -0.606. The van der Waals surface area contributed by atoms with Crippen LogP contribution in [-0.4, -0.2) is 27.3 Å². The van der Waals surface area contributed by atoms with Crippen LogP contribution in [0.1, 0.15) is 29.1 Å². The molecule has 0 bridgehead atoms. The second-order valence-corrected chi connectivity index (χ2v) is 5.30. The van der Waals surface area contributed by atoms with Crippen molar-refractivity contribution in [2.45, 2.75) is 32.7 Å². The van der Waals surface area contributed by atoms with Gasteiger partial charge in [-0.05, 0) is 19.8 Å². The van der Waals surface area contributed by atoms with Crippen LogP contribution in [0.2, 0.25) is 0 Å². The number of hydrogen-bond donors (Lipinski definition) is 0. The Morgan fingerprint density at radius 3 is 3.12 bits per heavy atom. The number of aromatic nitrogens is 1. The molecule has 2 rings (SSSR count). The molecule has 1 aromatic heterocycles. The molecule has 1 saturated heterocycles. The van der Waals surface area contributed by atoms with Crippen LogP contribution in [0.15, 0.2) is 11.3 Å². The van der Waals surface area contributed by atoms with Crippen molar-refractivity contribution in [2.75, 3.05) is 6.54 Å². The molecule has 0 atom stereocenters. The van der Waals surface area contributed by atoms with Crippen LogP contribution in [0.4, 0.5) is 0 Å². The number of thiazole rings is 1. The summed E-state index contributed by atoms with van der Waals surface area (Å²) in [6, 6.07) is 0. The summed E-state index contributed by atoms with van der Waals surface area (Å²) in [5.74, 6) is 0.590. The van der Waals surface area contributed by atoms with E-state index in [9.17, 15) is 10.1 Å². The third-order valence-electron chi connectivity index (χ3n) is 2.66.